The Morgan fingerprint density at radius 3 is 2.72 bits per heavy atom. The lowest BCUT2D eigenvalue weighted by Crippen LogP contribution is -2.39. The van der Waals surface area contributed by atoms with Gasteiger partial charge in [0.15, 0.2) is 5.82 Å². The SMILES string of the molecule is CC(C)c1noc(C(NC(=O)Nc2ccnn2C)C2CCOCC2)n1. The molecule has 9 heteroatoms. The van der Waals surface area contributed by atoms with E-state index in [-0.39, 0.29) is 23.9 Å². The molecule has 0 aromatic carbocycles. The first-order valence-electron chi connectivity index (χ1n) is 8.51. The number of amides is 2. The maximum Gasteiger partial charge on any atom is 0.321 e. The van der Waals surface area contributed by atoms with Crippen LogP contribution in [0.3, 0.4) is 0 Å². The Labute approximate surface area is 146 Å². The fourth-order valence-corrected chi connectivity index (χ4v) is 2.83. The van der Waals surface area contributed by atoms with Crippen molar-refractivity contribution < 1.29 is 14.1 Å². The quantitative estimate of drug-likeness (QED) is 0.858. The van der Waals surface area contributed by atoms with Crippen LogP contribution in [0.2, 0.25) is 0 Å². The molecule has 2 aromatic heterocycles. The second kappa shape index (κ2) is 7.64. The Bertz CT molecular complexity index is 704. The number of aryl methyl sites for hydroxylation is 1. The van der Waals surface area contributed by atoms with Gasteiger partial charge in [0.1, 0.15) is 11.9 Å². The van der Waals surface area contributed by atoms with E-state index in [1.807, 2.05) is 13.8 Å². The molecule has 9 nitrogen and oxygen atoms in total. The molecule has 136 valence electrons. The average molecular weight is 348 g/mol. The zero-order valence-electron chi connectivity index (χ0n) is 14.7. The molecule has 25 heavy (non-hydrogen) atoms. The lowest BCUT2D eigenvalue weighted by Gasteiger charge is -2.28. The zero-order valence-corrected chi connectivity index (χ0v) is 14.7. The summed E-state index contributed by atoms with van der Waals surface area (Å²) in [4.78, 5) is 16.9. The Morgan fingerprint density at radius 1 is 1.36 bits per heavy atom. The number of anilines is 1. The molecule has 2 aromatic rings. The van der Waals surface area contributed by atoms with E-state index < -0.39 is 0 Å². The first-order valence-corrected chi connectivity index (χ1v) is 8.51. The third-order valence-corrected chi connectivity index (χ3v) is 4.33. The maximum atomic E-state index is 12.4. The minimum atomic E-state index is -0.350. The first-order chi connectivity index (χ1) is 12.0. The molecular formula is C16H24N6O3. The molecule has 1 aliphatic heterocycles. The van der Waals surface area contributed by atoms with E-state index in [0.717, 1.165) is 12.8 Å². The summed E-state index contributed by atoms with van der Waals surface area (Å²) < 4.78 is 12.5. The number of aromatic nitrogens is 4. The van der Waals surface area contributed by atoms with E-state index in [1.54, 1.807) is 24.0 Å². The van der Waals surface area contributed by atoms with Gasteiger partial charge in [0.05, 0.1) is 6.20 Å². The van der Waals surface area contributed by atoms with Crippen LogP contribution in [0.25, 0.3) is 0 Å². The highest BCUT2D eigenvalue weighted by molar-refractivity contribution is 5.88. The summed E-state index contributed by atoms with van der Waals surface area (Å²) in [5.74, 6) is 2.04. The molecule has 0 radical (unpaired) electrons. The van der Waals surface area contributed by atoms with Gasteiger partial charge in [-0.2, -0.15) is 10.1 Å². The van der Waals surface area contributed by atoms with Crippen molar-refractivity contribution in [2.24, 2.45) is 13.0 Å². The maximum absolute atomic E-state index is 12.4. The van der Waals surface area contributed by atoms with Crippen LogP contribution in [-0.4, -0.2) is 39.2 Å². The van der Waals surface area contributed by atoms with Crippen molar-refractivity contribution in [3.63, 3.8) is 0 Å². The molecule has 1 saturated heterocycles. The second-order valence-corrected chi connectivity index (χ2v) is 6.51. The number of nitrogens with zero attached hydrogens (tertiary/aromatic N) is 4. The fourth-order valence-electron chi connectivity index (χ4n) is 2.83. The van der Waals surface area contributed by atoms with E-state index in [2.05, 4.69) is 25.9 Å². The average Bonchev–Trinajstić information content (AvgIpc) is 3.23. The van der Waals surface area contributed by atoms with Gasteiger partial charge in [0, 0.05) is 32.2 Å². The number of urea groups is 1. The van der Waals surface area contributed by atoms with Crippen LogP contribution in [0.4, 0.5) is 10.6 Å². The Hall–Kier alpha value is -2.42. The summed E-state index contributed by atoms with van der Waals surface area (Å²) in [6.07, 6.45) is 3.28. The van der Waals surface area contributed by atoms with Gasteiger partial charge in [-0.05, 0) is 18.8 Å². The largest absolute Gasteiger partial charge is 0.381 e. The van der Waals surface area contributed by atoms with Crippen molar-refractivity contribution in [2.45, 2.75) is 38.6 Å². The summed E-state index contributed by atoms with van der Waals surface area (Å²) in [5, 5.41) is 13.8. The predicted octanol–water partition coefficient (Wildman–Crippen LogP) is 2.22. The molecule has 0 spiro atoms. The number of carbonyl (C=O) groups is 1. The van der Waals surface area contributed by atoms with Crippen molar-refractivity contribution in [3.05, 3.63) is 24.0 Å². The van der Waals surface area contributed by atoms with Gasteiger partial charge >= 0.3 is 6.03 Å². The lowest BCUT2D eigenvalue weighted by molar-refractivity contribution is 0.0506. The molecule has 0 bridgehead atoms. The number of nitrogens with one attached hydrogen (secondary N) is 2. The molecule has 0 aliphatic carbocycles. The van der Waals surface area contributed by atoms with E-state index >= 15 is 0 Å². The van der Waals surface area contributed by atoms with Gasteiger partial charge in [-0.25, -0.2) is 4.79 Å². The van der Waals surface area contributed by atoms with E-state index in [1.165, 1.54) is 0 Å². The van der Waals surface area contributed by atoms with Crippen molar-refractivity contribution in [2.75, 3.05) is 18.5 Å². The number of rotatable bonds is 5. The highest BCUT2D eigenvalue weighted by Gasteiger charge is 2.31. The van der Waals surface area contributed by atoms with Crippen LogP contribution in [-0.2, 0) is 11.8 Å². The molecule has 0 saturated carbocycles. The van der Waals surface area contributed by atoms with Gasteiger partial charge in [-0.1, -0.05) is 19.0 Å². The van der Waals surface area contributed by atoms with Crippen molar-refractivity contribution in [3.8, 4) is 0 Å². The summed E-state index contributed by atoms with van der Waals surface area (Å²) in [7, 11) is 1.76. The highest BCUT2D eigenvalue weighted by Crippen LogP contribution is 2.30. The molecule has 1 atom stereocenters. The second-order valence-electron chi connectivity index (χ2n) is 6.51. The van der Waals surface area contributed by atoms with Crippen LogP contribution < -0.4 is 10.6 Å². The van der Waals surface area contributed by atoms with Gasteiger partial charge in [0.25, 0.3) is 0 Å². The number of ether oxygens (including phenoxy) is 1. The normalized spacial score (nSPS) is 16.8. The number of hydrogen-bond donors (Lipinski definition) is 2. The minimum Gasteiger partial charge on any atom is -0.381 e. The Balaban J connectivity index is 1.75. The molecule has 1 fully saturated rings. The van der Waals surface area contributed by atoms with Gasteiger partial charge in [0.2, 0.25) is 5.89 Å². The van der Waals surface area contributed by atoms with Crippen molar-refractivity contribution >= 4 is 11.8 Å². The Morgan fingerprint density at radius 2 is 2.12 bits per heavy atom. The summed E-state index contributed by atoms with van der Waals surface area (Å²) >= 11 is 0. The number of carbonyl (C=O) groups excluding carboxylic acids is 1. The summed E-state index contributed by atoms with van der Waals surface area (Å²) in [6.45, 7) is 5.33. The molecule has 2 amide bonds. The molecule has 2 N–H and O–H groups in total. The molecule has 3 heterocycles. The van der Waals surface area contributed by atoms with Crippen LogP contribution in [0.15, 0.2) is 16.8 Å². The zero-order chi connectivity index (χ0) is 17.8. The van der Waals surface area contributed by atoms with Crippen LogP contribution in [0.5, 0.6) is 0 Å². The smallest absolute Gasteiger partial charge is 0.321 e. The summed E-state index contributed by atoms with van der Waals surface area (Å²) in [6, 6.07) is 1.05. The van der Waals surface area contributed by atoms with Crippen LogP contribution >= 0.6 is 0 Å². The third-order valence-electron chi connectivity index (χ3n) is 4.33. The topological polar surface area (TPSA) is 107 Å². The highest BCUT2D eigenvalue weighted by atomic mass is 16.5. The van der Waals surface area contributed by atoms with Crippen LogP contribution in [0.1, 0.15) is 50.4 Å². The molecule has 1 aliphatic rings. The fraction of sp³-hybridized carbons (Fsp3) is 0.625. The third kappa shape index (κ3) is 4.16. The molecule has 1 unspecified atom stereocenters. The molecule has 3 rings (SSSR count). The van der Waals surface area contributed by atoms with E-state index in [4.69, 9.17) is 9.26 Å². The summed E-state index contributed by atoms with van der Waals surface area (Å²) in [5.41, 5.74) is 0. The Kier molecular flexibility index (Phi) is 5.32. The van der Waals surface area contributed by atoms with Crippen LogP contribution in [0, 0.1) is 5.92 Å². The van der Waals surface area contributed by atoms with Crippen molar-refractivity contribution in [1.29, 1.82) is 0 Å². The van der Waals surface area contributed by atoms with E-state index in [0.29, 0.717) is 30.7 Å². The van der Waals surface area contributed by atoms with E-state index in [9.17, 15) is 4.79 Å². The standard InChI is InChI=1S/C16H24N6O3/c1-10(2)14-20-15(25-21-14)13(11-5-8-24-9-6-11)19-16(23)18-12-4-7-17-22(12)3/h4,7,10-11,13H,5-6,8-9H2,1-3H3,(H2,18,19,23). The monoisotopic (exact) mass is 348 g/mol. The van der Waals surface area contributed by atoms with Crippen molar-refractivity contribution in [1.82, 2.24) is 25.2 Å². The van der Waals surface area contributed by atoms with Gasteiger partial charge in [-0.3, -0.25) is 10.00 Å². The molecular weight excluding hydrogens is 324 g/mol. The number of hydrogen-bond acceptors (Lipinski definition) is 6. The van der Waals surface area contributed by atoms with Gasteiger partial charge < -0.3 is 14.6 Å². The van der Waals surface area contributed by atoms with Gasteiger partial charge in [-0.15, -0.1) is 0 Å². The predicted molar refractivity (Wildman–Crippen MR) is 90.0 cm³/mol. The lowest BCUT2D eigenvalue weighted by atomic mass is 9.91. The first kappa shape index (κ1) is 17.4. The minimum absolute atomic E-state index is 0.163.